The predicted molar refractivity (Wildman–Crippen MR) is 111 cm³/mol. The summed E-state index contributed by atoms with van der Waals surface area (Å²) in [5.74, 6) is 1.54. The van der Waals surface area contributed by atoms with Crippen LogP contribution in [0.4, 0.5) is 11.5 Å². The SMILES string of the molecule is O=C(c1ccoc1)N1CC[C@]2(C1)Nc1cccnc1NC2=NCc1ccccc1. The summed E-state index contributed by atoms with van der Waals surface area (Å²) in [6, 6.07) is 15.7. The van der Waals surface area contributed by atoms with E-state index in [9.17, 15) is 4.79 Å². The van der Waals surface area contributed by atoms with Gasteiger partial charge in [0, 0.05) is 12.7 Å². The smallest absolute Gasteiger partial charge is 0.257 e. The molecule has 1 atom stereocenters. The number of anilines is 2. The fourth-order valence-corrected chi connectivity index (χ4v) is 3.95. The van der Waals surface area contributed by atoms with Crippen LogP contribution >= 0.6 is 0 Å². The maximum absolute atomic E-state index is 12.8. The molecule has 0 unspecified atom stereocenters. The number of amidine groups is 1. The monoisotopic (exact) mass is 387 g/mol. The highest BCUT2D eigenvalue weighted by Gasteiger charge is 2.47. The number of benzene rings is 1. The van der Waals surface area contributed by atoms with Crippen LogP contribution in [0.1, 0.15) is 22.3 Å². The molecule has 5 rings (SSSR count). The highest BCUT2D eigenvalue weighted by atomic mass is 16.3. The zero-order chi connectivity index (χ0) is 19.7. The number of amides is 1. The molecule has 4 heterocycles. The molecule has 7 nitrogen and oxygen atoms in total. The number of pyridine rings is 1. The van der Waals surface area contributed by atoms with Gasteiger partial charge in [-0.05, 0) is 30.2 Å². The molecule has 1 amide bonds. The molecule has 0 radical (unpaired) electrons. The normalized spacial score (nSPS) is 21.7. The molecule has 2 aliphatic rings. The van der Waals surface area contributed by atoms with E-state index in [2.05, 4.69) is 27.8 Å². The maximum atomic E-state index is 12.8. The van der Waals surface area contributed by atoms with Crippen LogP contribution in [-0.4, -0.2) is 40.3 Å². The Balaban J connectivity index is 1.46. The van der Waals surface area contributed by atoms with Crippen LogP contribution in [0.25, 0.3) is 0 Å². The topological polar surface area (TPSA) is 82.8 Å². The molecule has 3 aromatic rings. The van der Waals surface area contributed by atoms with Crippen molar-refractivity contribution in [3.63, 3.8) is 0 Å². The zero-order valence-electron chi connectivity index (χ0n) is 15.8. The van der Waals surface area contributed by atoms with Gasteiger partial charge in [-0.25, -0.2) is 4.98 Å². The summed E-state index contributed by atoms with van der Waals surface area (Å²) in [6.45, 7) is 1.72. The van der Waals surface area contributed by atoms with Crippen LogP contribution in [0.5, 0.6) is 0 Å². The number of fused-ring (bicyclic) bond motifs is 1. The fraction of sp³-hybridized carbons (Fsp3) is 0.227. The molecule has 1 saturated heterocycles. The summed E-state index contributed by atoms with van der Waals surface area (Å²) in [5.41, 5.74) is 2.15. The van der Waals surface area contributed by atoms with Gasteiger partial charge in [0.25, 0.3) is 5.91 Å². The number of hydrogen-bond acceptors (Lipinski definition) is 5. The fourth-order valence-electron chi connectivity index (χ4n) is 3.95. The Morgan fingerprint density at radius 3 is 2.93 bits per heavy atom. The van der Waals surface area contributed by atoms with Gasteiger partial charge in [-0.2, -0.15) is 0 Å². The molecular weight excluding hydrogens is 366 g/mol. The first-order valence-electron chi connectivity index (χ1n) is 9.64. The van der Waals surface area contributed by atoms with Gasteiger partial charge in [0.15, 0.2) is 5.82 Å². The number of furan rings is 1. The van der Waals surface area contributed by atoms with Crippen molar-refractivity contribution in [2.75, 3.05) is 23.7 Å². The van der Waals surface area contributed by atoms with E-state index >= 15 is 0 Å². The number of hydrogen-bond donors (Lipinski definition) is 2. The molecule has 2 aromatic heterocycles. The van der Waals surface area contributed by atoms with Gasteiger partial charge in [0.2, 0.25) is 0 Å². The molecule has 146 valence electrons. The van der Waals surface area contributed by atoms with E-state index in [1.165, 1.54) is 12.5 Å². The van der Waals surface area contributed by atoms with Gasteiger partial charge >= 0.3 is 0 Å². The summed E-state index contributed by atoms with van der Waals surface area (Å²) in [6.07, 6.45) is 5.52. The third kappa shape index (κ3) is 3.24. The molecule has 7 heteroatoms. The molecule has 0 bridgehead atoms. The molecule has 0 aliphatic carbocycles. The van der Waals surface area contributed by atoms with Crippen LogP contribution in [0.3, 0.4) is 0 Å². The van der Waals surface area contributed by atoms with E-state index in [4.69, 9.17) is 9.41 Å². The first kappa shape index (κ1) is 17.5. The number of carbonyl (C=O) groups is 1. The molecule has 29 heavy (non-hydrogen) atoms. The van der Waals surface area contributed by atoms with Crippen molar-refractivity contribution in [2.24, 2.45) is 4.99 Å². The van der Waals surface area contributed by atoms with Crippen LogP contribution in [0.2, 0.25) is 0 Å². The average Bonchev–Trinajstić information content (AvgIpc) is 3.44. The van der Waals surface area contributed by atoms with E-state index in [0.29, 0.717) is 25.2 Å². The highest BCUT2D eigenvalue weighted by molar-refractivity contribution is 6.09. The van der Waals surface area contributed by atoms with E-state index in [1.807, 2.05) is 35.2 Å². The number of carbonyl (C=O) groups excluding carboxylic acids is 1. The molecule has 2 N–H and O–H groups in total. The van der Waals surface area contributed by atoms with Crippen molar-refractivity contribution in [2.45, 2.75) is 18.5 Å². The summed E-state index contributed by atoms with van der Waals surface area (Å²) in [4.78, 5) is 24.0. The minimum atomic E-state index is -0.468. The second-order valence-electron chi connectivity index (χ2n) is 7.37. The van der Waals surface area contributed by atoms with Crippen LogP contribution in [0.15, 0.2) is 76.7 Å². The second kappa shape index (κ2) is 7.09. The molecule has 2 aliphatic heterocycles. The van der Waals surface area contributed by atoms with E-state index in [1.54, 1.807) is 12.3 Å². The number of aromatic nitrogens is 1. The lowest BCUT2D eigenvalue weighted by atomic mass is 9.93. The van der Waals surface area contributed by atoms with Gasteiger partial charge < -0.3 is 20.0 Å². The Labute approximate surface area is 168 Å². The Hall–Kier alpha value is -3.61. The summed E-state index contributed by atoms with van der Waals surface area (Å²) >= 11 is 0. The van der Waals surface area contributed by atoms with Gasteiger partial charge in [-0.3, -0.25) is 9.79 Å². The van der Waals surface area contributed by atoms with Gasteiger partial charge in [0.1, 0.15) is 17.6 Å². The summed E-state index contributed by atoms with van der Waals surface area (Å²) in [5, 5.41) is 7.03. The van der Waals surface area contributed by atoms with Crippen molar-refractivity contribution in [3.8, 4) is 0 Å². The zero-order valence-corrected chi connectivity index (χ0v) is 15.8. The number of nitrogens with zero attached hydrogens (tertiary/aromatic N) is 3. The predicted octanol–water partition coefficient (Wildman–Crippen LogP) is 3.40. The number of likely N-dealkylation sites (tertiary alicyclic amines) is 1. The third-order valence-electron chi connectivity index (χ3n) is 5.46. The standard InChI is InChI=1S/C22H21N5O2/c28-20(17-8-12-29-14-17)27-11-9-22(15-27)21(24-13-16-5-2-1-3-6-16)25-19-18(26-22)7-4-10-23-19/h1-8,10,12,14,26H,9,11,13,15H2,(H,23,24,25)/t22-/m1/s1. The lowest BCUT2D eigenvalue weighted by Gasteiger charge is -2.38. The van der Waals surface area contributed by atoms with Gasteiger partial charge in [-0.1, -0.05) is 30.3 Å². The van der Waals surface area contributed by atoms with Crippen molar-refractivity contribution >= 4 is 23.2 Å². The lowest BCUT2D eigenvalue weighted by molar-refractivity contribution is 0.0788. The Bertz CT molecular complexity index is 1050. The summed E-state index contributed by atoms with van der Waals surface area (Å²) in [7, 11) is 0. The van der Waals surface area contributed by atoms with Crippen molar-refractivity contribution < 1.29 is 9.21 Å². The van der Waals surface area contributed by atoms with Crippen LogP contribution in [-0.2, 0) is 6.54 Å². The van der Waals surface area contributed by atoms with Crippen molar-refractivity contribution in [3.05, 3.63) is 78.4 Å². The largest absolute Gasteiger partial charge is 0.472 e. The second-order valence-corrected chi connectivity index (χ2v) is 7.37. The molecule has 0 saturated carbocycles. The minimum absolute atomic E-state index is 0.0307. The Kier molecular flexibility index (Phi) is 4.27. The quantitative estimate of drug-likeness (QED) is 0.720. The molecular formula is C22H21N5O2. The van der Waals surface area contributed by atoms with Crippen LogP contribution in [0, 0.1) is 0 Å². The van der Waals surface area contributed by atoms with Gasteiger partial charge in [-0.15, -0.1) is 0 Å². The highest BCUT2D eigenvalue weighted by Crippen LogP contribution is 2.36. The molecule has 1 spiro atoms. The van der Waals surface area contributed by atoms with E-state index in [0.717, 1.165) is 29.3 Å². The molecule has 1 fully saturated rings. The lowest BCUT2D eigenvalue weighted by Crippen LogP contribution is -2.55. The Morgan fingerprint density at radius 2 is 2.10 bits per heavy atom. The summed E-state index contributed by atoms with van der Waals surface area (Å²) < 4.78 is 5.08. The van der Waals surface area contributed by atoms with Crippen molar-refractivity contribution in [1.82, 2.24) is 9.88 Å². The van der Waals surface area contributed by atoms with Crippen LogP contribution < -0.4 is 10.6 Å². The number of nitrogens with one attached hydrogen (secondary N) is 2. The molecule has 1 aromatic carbocycles. The average molecular weight is 387 g/mol. The first-order chi connectivity index (χ1) is 14.2. The Morgan fingerprint density at radius 1 is 1.21 bits per heavy atom. The van der Waals surface area contributed by atoms with E-state index in [-0.39, 0.29) is 5.91 Å². The number of aliphatic imine (C=N–C) groups is 1. The van der Waals surface area contributed by atoms with Gasteiger partial charge in [0.05, 0.1) is 30.6 Å². The minimum Gasteiger partial charge on any atom is -0.472 e. The van der Waals surface area contributed by atoms with E-state index < -0.39 is 5.54 Å². The first-order valence-corrected chi connectivity index (χ1v) is 9.64. The maximum Gasteiger partial charge on any atom is 0.257 e. The third-order valence-corrected chi connectivity index (χ3v) is 5.46. The number of rotatable bonds is 3. The van der Waals surface area contributed by atoms with Crippen molar-refractivity contribution in [1.29, 1.82) is 0 Å².